The van der Waals surface area contributed by atoms with Gasteiger partial charge in [-0.15, -0.1) is 0 Å². The van der Waals surface area contributed by atoms with E-state index in [0.717, 1.165) is 30.8 Å². The second-order valence-electron chi connectivity index (χ2n) is 4.32. The lowest BCUT2D eigenvalue weighted by Gasteiger charge is -2.28. The Balaban J connectivity index is 1.96. The molecule has 88 valence electrons. The van der Waals surface area contributed by atoms with E-state index >= 15 is 0 Å². The van der Waals surface area contributed by atoms with Crippen LogP contribution in [0.4, 0.5) is 0 Å². The number of sulfone groups is 1. The molecule has 1 saturated heterocycles. The van der Waals surface area contributed by atoms with Gasteiger partial charge in [-0.2, -0.15) is 5.10 Å². The Bertz CT molecular complexity index is 525. The zero-order valence-corrected chi connectivity index (χ0v) is 10.2. The summed E-state index contributed by atoms with van der Waals surface area (Å²) >= 11 is 6.05. The van der Waals surface area contributed by atoms with Crippen molar-refractivity contribution in [3.05, 3.63) is 16.4 Å². The molecule has 0 aromatic carbocycles. The quantitative estimate of drug-likeness (QED) is 0.782. The molecule has 0 spiro atoms. The topological polar surface area (TPSA) is 64.0 Å². The van der Waals surface area contributed by atoms with E-state index < -0.39 is 9.84 Å². The maximum Gasteiger partial charge on any atom is 0.154 e. The molecule has 0 atom stereocenters. The molecule has 0 bridgehead atoms. The monoisotopic (exact) mass is 261 g/mol. The number of nitrogens with zero attached hydrogens (tertiary/aromatic N) is 2. The summed E-state index contributed by atoms with van der Waals surface area (Å²) < 4.78 is 24.1. The summed E-state index contributed by atoms with van der Waals surface area (Å²) in [6, 6.07) is -0.0221. The van der Waals surface area contributed by atoms with Gasteiger partial charge in [0, 0.05) is 12.1 Å². The van der Waals surface area contributed by atoms with Crippen LogP contribution in [0.5, 0.6) is 0 Å². The Kier molecular flexibility index (Phi) is 2.28. The maximum atomic E-state index is 11.2. The van der Waals surface area contributed by atoms with E-state index in [1.165, 1.54) is 0 Å². The molecular weight excluding hydrogens is 250 g/mol. The third-order valence-corrected chi connectivity index (χ3v) is 5.24. The van der Waals surface area contributed by atoms with E-state index in [4.69, 9.17) is 11.6 Å². The first kappa shape index (κ1) is 10.6. The molecule has 3 rings (SSSR count). The van der Waals surface area contributed by atoms with Gasteiger partial charge in [-0.3, -0.25) is 4.68 Å². The van der Waals surface area contributed by atoms with Gasteiger partial charge >= 0.3 is 0 Å². The Hall–Kier alpha value is -0.590. The SMILES string of the molecule is O=S1(=O)CC(n2nc(Cl)c3c2CNCC3)C1. The fraction of sp³-hybridized carbons (Fsp3) is 0.667. The third kappa shape index (κ3) is 1.56. The molecule has 7 heteroatoms. The molecule has 0 radical (unpaired) electrons. The smallest absolute Gasteiger partial charge is 0.154 e. The normalized spacial score (nSPS) is 23.8. The number of halogens is 1. The van der Waals surface area contributed by atoms with Crippen LogP contribution < -0.4 is 5.32 Å². The Morgan fingerprint density at radius 1 is 1.44 bits per heavy atom. The number of aromatic nitrogens is 2. The van der Waals surface area contributed by atoms with Gasteiger partial charge in [0.1, 0.15) is 0 Å². The van der Waals surface area contributed by atoms with E-state index in [-0.39, 0.29) is 17.5 Å². The van der Waals surface area contributed by atoms with Crippen molar-refractivity contribution in [1.82, 2.24) is 15.1 Å². The standard InChI is InChI=1S/C9H12ClN3O2S/c10-9-7-1-2-11-3-8(7)13(12-9)6-4-16(14,15)5-6/h6,11H,1-5H2. The van der Waals surface area contributed by atoms with Gasteiger partial charge < -0.3 is 5.32 Å². The van der Waals surface area contributed by atoms with Crippen LogP contribution in [0.3, 0.4) is 0 Å². The van der Waals surface area contributed by atoms with E-state index in [9.17, 15) is 8.42 Å². The summed E-state index contributed by atoms with van der Waals surface area (Å²) in [4.78, 5) is 0. The molecule has 0 unspecified atom stereocenters. The molecular formula is C9H12ClN3O2S. The molecule has 0 aliphatic carbocycles. The van der Waals surface area contributed by atoms with Gasteiger partial charge in [0.2, 0.25) is 0 Å². The predicted molar refractivity (Wildman–Crippen MR) is 60.3 cm³/mol. The highest BCUT2D eigenvalue weighted by Crippen LogP contribution is 2.30. The summed E-state index contributed by atoms with van der Waals surface area (Å²) in [5, 5.41) is 8.04. The third-order valence-electron chi connectivity index (χ3n) is 3.15. The Morgan fingerprint density at radius 3 is 2.88 bits per heavy atom. The highest BCUT2D eigenvalue weighted by molar-refractivity contribution is 7.92. The molecule has 0 amide bonds. The van der Waals surface area contributed by atoms with Crippen molar-refractivity contribution >= 4 is 21.4 Å². The number of hydrogen-bond donors (Lipinski definition) is 1. The molecule has 1 aromatic heterocycles. The molecule has 1 fully saturated rings. The molecule has 3 heterocycles. The molecule has 1 aromatic rings. The van der Waals surface area contributed by atoms with Crippen molar-refractivity contribution in [2.24, 2.45) is 0 Å². The summed E-state index contributed by atoms with van der Waals surface area (Å²) in [6.45, 7) is 1.63. The number of fused-ring (bicyclic) bond motifs is 1. The zero-order valence-electron chi connectivity index (χ0n) is 8.61. The van der Waals surface area contributed by atoms with Crippen LogP contribution in [0.25, 0.3) is 0 Å². The average molecular weight is 262 g/mol. The minimum absolute atomic E-state index is 0.0221. The highest BCUT2D eigenvalue weighted by Gasteiger charge is 2.37. The Labute approximate surface area is 98.7 Å². The highest BCUT2D eigenvalue weighted by atomic mass is 35.5. The molecule has 16 heavy (non-hydrogen) atoms. The molecule has 1 N–H and O–H groups in total. The van der Waals surface area contributed by atoms with Crippen molar-refractivity contribution in [3.63, 3.8) is 0 Å². The fourth-order valence-electron chi connectivity index (χ4n) is 2.31. The number of rotatable bonds is 1. The first-order valence-electron chi connectivity index (χ1n) is 5.24. The lowest BCUT2D eigenvalue weighted by atomic mass is 10.1. The van der Waals surface area contributed by atoms with Gasteiger partial charge in [0.05, 0.1) is 23.2 Å². The molecule has 0 saturated carbocycles. The predicted octanol–water partition coefficient (Wildman–Crippen LogP) is 0.152. The summed E-state index contributed by atoms with van der Waals surface area (Å²) in [6.07, 6.45) is 0.869. The second kappa shape index (κ2) is 3.45. The van der Waals surface area contributed by atoms with Gasteiger partial charge in [-0.25, -0.2) is 8.42 Å². The lowest BCUT2D eigenvalue weighted by Crippen LogP contribution is -2.40. The molecule has 5 nitrogen and oxygen atoms in total. The van der Waals surface area contributed by atoms with E-state index in [0.29, 0.717) is 5.15 Å². The van der Waals surface area contributed by atoms with Crippen LogP contribution in [0.2, 0.25) is 5.15 Å². The van der Waals surface area contributed by atoms with Crippen molar-refractivity contribution in [3.8, 4) is 0 Å². The van der Waals surface area contributed by atoms with Crippen molar-refractivity contribution < 1.29 is 8.42 Å². The van der Waals surface area contributed by atoms with Gasteiger partial charge in [0.25, 0.3) is 0 Å². The molecule has 2 aliphatic rings. The van der Waals surface area contributed by atoms with Crippen LogP contribution in [-0.2, 0) is 22.8 Å². The second-order valence-corrected chi connectivity index (χ2v) is 6.83. The van der Waals surface area contributed by atoms with Crippen LogP contribution >= 0.6 is 11.6 Å². The van der Waals surface area contributed by atoms with Gasteiger partial charge in [-0.1, -0.05) is 11.6 Å². The number of hydrogen-bond acceptors (Lipinski definition) is 4. The van der Waals surface area contributed by atoms with E-state index in [1.807, 2.05) is 0 Å². The van der Waals surface area contributed by atoms with E-state index in [2.05, 4.69) is 10.4 Å². The fourth-order valence-corrected chi connectivity index (χ4v) is 3.95. The minimum atomic E-state index is -2.82. The van der Waals surface area contributed by atoms with Crippen LogP contribution in [-0.4, -0.2) is 36.2 Å². The molecule has 2 aliphatic heterocycles. The van der Waals surface area contributed by atoms with Gasteiger partial charge in [0.15, 0.2) is 15.0 Å². The van der Waals surface area contributed by atoms with Crippen LogP contribution in [0, 0.1) is 0 Å². The van der Waals surface area contributed by atoms with Gasteiger partial charge in [-0.05, 0) is 13.0 Å². The zero-order chi connectivity index (χ0) is 11.3. The van der Waals surface area contributed by atoms with Crippen LogP contribution in [0.15, 0.2) is 0 Å². The lowest BCUT2D eigenvalue weighted by molar-refractivity contribution is 0.448. The minimum Gasteiger partial charge on any atom is -0.311 e. The largest absolute Gasteiger partial charge is 0.311 e. The van der Waals surface area contributed by atoms with Crippen molar-refractivity contribution in [1.29, 1.82) is 0 Å². The summed E-state index contributed by atoms with van der Waals surface area (Å²) in [5.41, 5.74) is 2.13. The first-order chi connectivity index (χ1) is 7.57. The first-order valence-corrected chi connectivity index (χ1v) is 7.44. The van der Waals surface area contributed by atoms with Crippen LogP contribution in [0.1, 0.15) is 17.3 Å². The summed E-state index contributed by atoms with van der Waals surface area (Å²) in [5.74, 6) is 0.384. The van der Waals surface area contributed by atoms with Crippen molar-refractivity contribution in [2.45, 2.75) is 19.0 Å². The average Bonchev–Trinajstić information content (AvgIpc) is 2.53. The van der Waals surface area contributed by atoms with E-state index in [1.54, 1.807) is 4.68 Å². The maximum absolute atomic E-state index is 11.2. The summed E-state index contributed by atoms with van der Waals surface area (Å²) in [7, 11) is -2.82. The number of nitrogens with one attached hydrogen (secondary N) is 1. The Morgan fingerprint density at radius 2 is 2.19 bits per heavy atom. The van der Waals surface area contributed by atoms with Crippen molar-refractivity contribution in [2.75, 3.05) is 18.1 Å².